The highest BCUT2D eigenvalue weighted by atomic mass is 16.5. The number of benzene rings is 1. The molecular weight excluding hydrogens is 246 g/mol. The molecule has 0 saturated carbocycles. The zero-order valence-corrected chi connectivity index (χ0v) is 11.3. The van der Waals surface area contributed by atoms with Crippen LogP contribution in [0.3, 0.4) is 0 Å². The van der Waals surface area contributed by atoms with E-state index < -0.39 is 5.97 Å². The molecule has 0 saturated heterocycles. The maximum absolute atomic E-state index is 10.9. The highest BCUT2D eigenvalue weighted by Crippen LogP contribution is 2.34. The van der Waals surface area contributed by atoms with Crippen molar-refractivity contribution in [2.75, 3.05) is 27.3 Å². The lowest BCUT2D eigenvalue weighted by Gasteiger charge is -2.23. The smallest absolute Gasteiger partial charge is 0.305 e. The topological polar surface area (TPSA) is 59.0 Å². The maximum Gasteiger partial charge on any atom is 0.305 e. The molecule has 1 unspecified atom stereocenters. The van der Waals surface area contributed by atoms with Crippen LogP contribution in [0.5, 0.6) is 11.5 Å². The van der Waals surface area contributed by atoms with Crippen LogP contribution in [0.25, 0.3) is 0 Å². The van der Waals surface area contributed by atoms with Gasteiger partial charge in [0.05, 0.1) is 19.6 Å². The second-order valence-corrected chi connectivity index (χ2v) is 4.83. The Balaban J connectivity index is 2.28. The minimum Gasteiger partial charge on any atom is -0.490 e. The van der Waals surface area contributed by atoms with Crippen LogP contribution in [0.4, 0.5) is 0 Å². The summed E-state index contributed by atoms with van der Waals surface area (Å²) in [6.45, 7) is 1.28. The number of nitrogens with zero attached hydrogens (tertiary/aromatic N) is 1. The number of carbonyl (C=O) groups is 1. The number of aliphatic carboxylic acids is 1. The predicted octanol–water partition coefficient (Wildman–Crippen LogP) is 1.93. The monoisotopic (exact) mass is 265 g/mol. The van der Waals surface area contributed by atoms with Crippen molar-refractivity contribution in [3.63, 3.8) is 0 Å². The second-order valence-electron chi connectivity index (χ2n) is 4.83. The molecule has 1 atom stereocenters. The van der Waals surface area contributed by atoms with E-state index in [1.807, 2.05) is 37.2 Å². The fourth-order valence-corrected chi connectivity index (χ4v) is 2.15. The predicted molar refractivity (Wildman–Crippen MR) is 70.7 cm³/mol. The first-order valence-corrected chi connectivity index (χ1v) is 6.35. The van der Waals surface area contributed by atoms with Crippen molar-refractivity contribution < 1.29 is 19.4 Å². The highest BCUT2D eigenvalue weighted by molar-refractivity contribution is 5.68. The van der Waals surface area contributed by atoms with Crippen molar-refractivity contribution >= 4 is 5.97 Å². The third-order valence-corrected chi connectivity index (χ3v) is 3.15. The number of hydrogen-bond acceptors (Lipinski definition) is 4. The van der Waals surface area contributed by atoms with Crippen LogP contribution in [0.1, 0.15) is 24.4 Å². The molecule has 19 heavy (non-hydrogen) atoms. The summed E-state index contributed by atoms with van der Waals surface area (Å²) < 4.78 is 11.2. The van der Waals surface area contributed by atoms with Crippen molar-refractivity contribution in [1.29, 1.82) is 0 Å². The van der Waals surface area contributed by atoms with E-state index in [1.165, 1.54) is 0 Å². The summed E-state index contributed by atoms with van der Waals surface area (Å²) in [6, 6.07) is 5.47. The molecule has 0 fully saturated rings. The van der Waals surface area contributed by atoms with E-state index in [9.17, 15) is 4.79 Å². The first kappa shape index (κ1) is 13.7. The lowest BCUT2D eigenvalue weighted by Crippen LogP contribution is -2.22. The van der Waals surface area contributed by atoms with Crippen molar-refractivity contribution in [2.24, 2.45) is 0 Å². The maximum atomic E-state index is 10.9. The van der Waals surface area contributed by atoms with E-state index in [0.29, 0.717) is 19.0 Å². The minimum atomic E-state index is -0.814. The second kappa shape index (κ2) is 5.93. The molecule has 0 amide bonds. The van der Waals surface area contributed by atoms with E-state index in [2.05, 4.69) is 0 Å². The fraction of sp³-hybridized carbons (Fsp3) is 0.500. The summed E-state index contributed by atoms with van der Waals surface area (Å²) in [5, 5.41) is 8.99. The molecule has 1 aromatic rings. The number of ether oxygens (including phenoxy) is 2. The Hall–Kier alpha value is -1.75. The van der Waals surface area contributed by atoms with Gasteiger partial charge in [0.25, 0.3) is 0 Å². The van der Waals surface area contributed by atoms with E-state index in [-0.39, 0.29) is 12.5 Å². The Kier molecular flexibility index (Phi) is 4.27. The Labute approximate surface area is 112 Å². The molecule has 0 spiro atoms. The van der Waals surface area contributed by atoms with E-state index >= 15 is 0 Å². The molecule has 0 radical (unpaired) electrons. The summed E-state index contributed by atoms with van der Waals surface area (Å²) in [7, 11) is 3.74. The van der Waals surface area contributed by atoms with Gasteiger partial charge in [-0.3, -0.25) is 4.79 Å². The van der Waals surface area contributed by atoms with Crippen LogP contribution in [0.2, 0.25) is 0 Å². The fourth-order valence-electron chi connectivity index (χ4n) is 2.15. The Morgan fingerprint density at radius 3 is 2.63 bits per heavy atom. The van der Waals surface area contributed by atoms with Gasteiger partial charge in [-0.05, 0) is 31.8 Å². The molecule has 1 aliphatic heterocycles. The van der Waals surface area contributed by atoms with E-state index in [0.717, 1.165) is 17.7 Å². The highest BCUT2D eigenvalue weighted by Gasteiger charge is 2.20. The molecule has 0 bridgehead atoms. The Morgan fingerprint density at radius 1 is 1.32 bits per heavy atom. The Bertz CT molecular complexity index is 459. The van der Waals surface area contributed by atoms with Gasteiger partial charge in [-0.1, -0.05) is 6.07 Å². The van der Waals surface area contributed by atoms with Crippen molar-refractivity contribution in [2.45, 2.75) is 18.9 Å². The molecule has 1 N–H and O–H groups in total. The van der Waals surface area contributed by atoms with Gasteiger partial charge in [-0.2, -0.15) is 0 Å². The van der Waals surface area contributed by atoms with Crippen LogP contribution >= 0.6 is 0 Å². The molecule has 0 aliphatic carbocycles. The summed E-state index contributed by atoms with van der Waals surface area (Å²) in [4.78, 5) is 12.8. The molecule has 0 aromatic heterocycles. The van der Waals surface area contributed by atoms with Gasteiger partial charge in [0, 0.05) is 12.5 Å². The molecule has 5 heteroatoms. The largest absolute Gasteiger partial charge is 0.490 e. The molecule has 2 rings (SSSR count). The van der Waals surface area contributed by atoms with Gasteiger partial charge < -0.3 is 19.5 Å². The average Bonchev–Trinajstić information content (AvgIpc) is 2.59. The van der Waals surface area contributed by atoms with Gasteiger partial charge in [0.2, 0.25) is 0 Å². The van der Waals surface area contributed by atoms with Gasteiger partial charge in [-0.15, -0.1) is 0 Å². The quantitative estimate of drug-likeness (QED) is 0.901. The summed E-state index contributed by atoms with van der Waals surface area (Å²) >= 11 is 0. The van der Waals surface area contributed by atoms with E-state index in [1.54, 1.807) is 0 Å². The van der Waals surface area contributed by atoms with Gasteiger partial charge in [0.15, 0.2) is 11.5 Å². The third kappa shape index (κ3) is 3.38. The first-order valence-electron chi connectivity index (χ1n) is 6.35. The Morgan fingerprint density at radius 2 is 2.00 bits per heavy atom. The lowest BCUT2D eigenvalue weighted by atomic mass is 10.0. The number of hydrogen-bond donors (Lipinski definition) is 1. The van der Waals surface area contributed by atoms with Crippen LogP contribution < -0.4 is 9.47 Å². The summed E-state index contributed by atoms with van der Waals surface area (Å²) in [6.07, 6.45) is 0.920. The molecular formula is C14H19NO4. The number of carboxylic acids is 1. The normalized spacial score (nSPS) is 15.9. The van der Waals surface area contributed by atoms with Crippen LogP contribution in [0.15, 0.2) is 18.2 Å². The molecule has 104 valence electrons. The molecule has 1 aliphatic rings. The van der Waals surface area contributed by atoms with Crippen molar-refractivity contribution in [3.05, 3.63) is 23.8 Å². The molecule has 5 nitrogen and oxygen atoms in total. The SMILES string of the molecule is CN(C)C(CC(=O)O)c1ccc2c(c1)OCCCO2. The van der Waals surface area contributed by atoms with Crippen LogP contribution in [0, 0.1) is 0 Å². The third-order valence-electron chi connectivity index (χ3n) is 3.15. The van der Waals surface area contributed by atoms with Gasteiger partial charge in [0.1, 0.15) is 0 Å². The van der Waals surface area contributed by atoms with Gasteiger partial charge in [-0.25, -0.2) is 0 Å². The molecule has 1 heterocycles. The number of carboxylic acid groups (broad SMARTS) is 1. The van der Waals surface area contributed by atoms with Crippen molar-refractivity contribution in [1.82, 2.24) is 4.90 Å². The van der Waals surface area contributed by atoms with Crippen LogP contribution in [-0.4, -0.2) is 43.3 Å². The zero-order valence-electron chi connectivity index (χ0n) is 11.3. The number of fused-ring (bicyclic) bond motifs is 1. The van der Waals surface area contributed by atoms with Crippen LogP contribution in [-0.2, 0) is 4.79 Å². The average molecular weight is 265 g/mol. The minimum absolute atomic E-state index is 0.0621. The number of rotatable bonds is 4. The van der Waals surface area contributed by atoms with Crippen molar-refractivity contribution in [3.8, 4) is 11.5 Å². The van der Waals surface area contributed by atoms with E-state index in [4.69, 9.17) is 14.6 Å². The standard InChI is InChI=1S/C14H19NO4/c1-15(2)11(9-14(16)17)10-4-5-12-13(8-10)19-7-3-6-18-12/h4-5,8,11H,3,6-7,9H2,1-2H3,(H,16,17). The first-order chi connectivity index (χ1) is 9.08. The lowest BCUT2D eigenvalue weighted by molar-refractivity contribution is -0.138. The summed E-state index contributed by atoms with van der Waals surface area (Å²) in [5.74, 6) is 0.618. The zero-order chi connectivity index (χ0) is 13.8. The molecule has 1 aromatic carbocycles. The summed E-state index contributed by atoms with van der Waals surface area (Å²) in [5.41, 5.74) is 0.927. The van der Waals surface area contributed by atoms with Gasteiger partial charge >= 0.3 is 5.97 Å².